The van der Waals surface area contributed by atoms with Gasteiger partial charge in [-0.3, -0.25) is 0 Å². The Bertz CT molecular complexity index is 371. The molecule has 2 heteroatoms. The topological polar surface area (TPSA) is 35.2 Å². The van der Waals surface area contributed by atoms with Crippen LogP contribution in [0.25, 0.3) is 0 Å². The van der Waals surface area contributed by atoms with Gasteiger partial charge in [0.25, 0.3) is 0 Å². The average Bonchev–Trinajstić information content (AvgIpc) is 2.14. The summed E-state index contributed by atoms with van der Waals surface area (Å²) in [5.74, 6) is 0.929. The zero-order chi connectivity index (χ0) is 11.1. The molecule has 0 saturated heterocycles. The van der Waals surface area contributed by atoms with Crippen molar-refractivity contribution < 1.29 is 4.74 Å². The second kappa shape index (κ2) is 3.53. The fourth-order valence-corrected chi connectivity index (χ4v) is 2.52. The van der Waals surface area contributed by atoms with Crippen LogP contribution in [0.5, 0.6) is 5.75 Å². The standard InChI is InChI=1S/C13H19NO/c1-13(2)7-9-6-10(15-3)4-5-11(9)12(14)8-13/h4-6,12H,7-8,14H2,1-3H3. The summed E-state index contributed by atoms with van der Waals surface area (Å²) in [6.45, 7) is 4.55. The van der Waals surface area contributed by atoms with Gasteiger partial charge in [-0.15, -0.1) is 0 Å². The lowest BCUT2D eigenvalue weighted by molar-refractivity contribution is 0.282. The summed E-state index contributed by atoms with van der Waals surface area (Å²) in [5.41, 5.74) is 9.11. The largest absolute Gasteiger partial charge is 0.497 e. The first kappa shape index (κ1) is 10.5. The molecule has 2 N–H and O–H groups in total. The molecule has 1 aromatic carbocycles. The molecule has 1 aliphatic carbocycles. The summed E-state index contributed by atoms with van der Waals surface area (Å²) >= 11 is 0. The zero-order valence-corrected chi connectivity index (χ0v) is 9.71. The van der Waals surface area contributed by atoms with E-state index in [2.05, 4.69) is 26.0 Å². The number of ether oxygens (including phenoxy) is 1. The van der Waals surface area contributed by atoms with E-state index in [1.807, 2.05) is 6.07 Å². The predicted octanol–water partition coefficient (Wildman–Crippen LogP) is 2.67. The second-order valence-electron chi connectivity index (χ2n) is 5.22. The van der Waals surface area contributed by atoms with Crippen LogP contribution in [0.4, 0.5) is 0 Å². The van der Waals surface area contributed by atoms with E-state index in [9.17, 15) is 0 Å². The Kier molecular flexibility index (Phi) is 2.47. The van der Waals surface area contributed by atoms with Gasteiger partial charge in [0, 0.05) is 6.04 Å². The maximum Gasteiger partial charge on any atom is 0.119 e. The monoisotopic (exact) mass is 205 g/mol. The van der Waals surface area contributed by atoms with E-state index in [0.29, 0.717) is 5.41 Å². The molecule has 0 amide bonds. The SMILES string of the molecule is COc1ccc2c(c1)CC(C)(C)CC2N. The Morgan fingerprint density at radius 2 is 2.13 bits per heavy atom. The second-order valence-corrected chi connectivity index (χ2v) is 5.22. The summed E-state index contributed by atoms with van der Waals surface area (Å²) < 4.78 is 5.24. The number of fused-ring (bicyclic) bond motifs is 1. The van der Waals surface area contributed by atoms with Crippen molar-refractivity contribution in [2.24, 2.45) is 11.1 Å². The molecule has 0 fully saturated rings. The molecule has 1 atom stereocenters. The van der Waals surface area contributed by atoms with E-state index in [4.69, 9.17) is 10.5 Å². The normalized spacial score (nSPS) is 23.3. The minimum Gasteiger partial charge on any atom is -0.497 e. The number of methoxy groups -OCH3 is 1. The van der Waals surface area contributed by atoms with Crippen molar-refractivity contribution in [3.8, 4) is 5.75 Å². The van der Waals surface area contributed by atoms with Gasteiger partial charge >= 0.3 is 0 Å². The van der Waals surface area contributed by atoms with Crippen LogP contribution in [0, 0.1) is 5.41 Å². The van der Waals surface area contributed by atoms with Gasteiger partial charge in [-0.1, -0.05) is 19.9 Å². The maximum absolute atomic E-state index is 6.17. The van der Waals surface area contributed by atoms with Crippen LogP contribution in [-0.4, -0.2) is 7.11 Å². The smallest absolute Gasteiger partial charge is 0.119 e. The van der Waals surface area contributed by atoms with Crippen LogP contribution >= 0.6 is 0 Å². The van der Waals surface area contributed by atoms with E-state index < -0.39 is 0 Å². The minimum atomic E-state index is 0.176. The lowest BCUT2D eigenvalue weighted by Gasteiger charge is -2.35. The van der Waals surface area contributed by atoms with Gasteiger partial charge in [0.2, 0.25) is 0 Å². The Hall–Kier alpha value is -1.02. The van der Waals surface area contributed by atoms with Crippen LogP contribution in [0.15, 0.2) is 18.2 Å². The van der Waals surface area contributed by atoms with E-state index >= 15 is 0 Å². The summed E-state index contributed by atoms with van der Waals surface area (Å²) in [4.78, 5) is 0. The molecule has 2 nitrogen and oxygen atoms in total. The van der Waals surface area contributed by atoms with Crippen molar-refractivity contribution in [2.45, 2.75) is 32.7 Å². The summed E-state index contributed by atoms with van der Waals surface area (Å²) in [6.07, 6.45) is 2.15. The van der Waals surface area contributed by atoms with Gasteiger partial charge in [0.15, 0.2) is 0 Å². The molecule has 0 bridgehead atoms. The summed E-state index contributed by atoms with van der Waals surface area (Å²) in [6, 6.07) is 6.40. The van der Waals surface area contributed by atoms with Crippen molar-refractivity contribution in [2.75, 3.05) is 7.11 Å². The lowest BCUT2D eigenvalue weighted by atomic mass is 9.72. The van der Waals surface area contributed by atoms with Gasteiger partial charge in [-0.05, 0) is 41.5 Å². The first-order valence-electron chi connectivity index (χ1n) is 5.44. The number of rotatable bonds is 1. The molecular formula is C13H19NO. The van der Waals surface area contributed by atoms with Crippen LogP contribution in [0.1, 0.15) is 37.4 Å². The van der Waals surface area contributed by atoms with E-state index in [0.717, 1.165) is 18.6 Å². The van der Waals surface area contributed by atoms with Gasteiger partial charge in [0.1, 0.15) is 5.75 Å². The van der Waals surface area contributed by atoms with Crippen molar-refractivity contribution in [1.82, 2.24) is 0 Å². The first-order valence-corrected chi connectivity index (χ1v) is 5.44. The highest BCUT2D eigenvalue weighted by molar-refractivity contribution is 5.39. The van der Waals surface area contributed by atoms with Crippen LogP contribution < -0.4 is 10.5 Å². The molecule has 1 unspecified atom stereocenters. The molecule has 0 aromatic heterocycles. The molecule has 2 rings (SSSR count). The number of hydrogen-bond donors (Lipinski definition) is 1. The third kappa shape index (κ3) is 2.00. The molecule has 0 heterocycles. The van der Waals surface area contributed by atoms with E-state index in [1.165, 1.54) is 11.1 Å². The van der Waals surface area contributed by atoms with Crippen molar-refractivity contribution in [3.63, 3.8) is 0 Å². The molecule has 15 heavy (non-hydrogen) atoms. The Labute approximate surface area is 91.4 Å². The van der Waals surface area contributed by atoms with Crippen molar-refractivity contribution in [3.05, 3.63) is 29.3 Å². The fraction of sp³-hybridized carbons (Fsp3) is 0.538. The molecule has 1 aliphatic rings. The first-order chi connectivity index (χ1) is 7.02. The molecule has 0 radical (unpaired) electrons. The van der Waals surface area contributed by atoms with Crippen LogP contribution in [0.3, 0.4) is 0 Å². The minimum absolute atomic E-state index is 0.176. The van der Waals surface area contributed by atoms with Crippen molar-refractivity contribution in [1.29, 1.82) is 0 Å². The zero-order valence-electron chi connectivity index (χ0n) is 9.71. The van der Waals surface area contributed by atoms with Crippen molar-refractivity contribution >= 4 is 0 Å². The van der Waals surface area contributed by atoms with E-state index in [-0.39, 0.29) is 6.04 Å². The highest BCUT2D eigenvalue weighted by Crippen LogP contribution is 2.40. The highest BCUT2D eigenvalue weighted by atomic mass is 16.5. The lowest BCUT2D eigenvalue weighted by Crippen LogP contribution is -2.29. The van der Waals surface area contributed by atoms with Gasteiger partial charge in [-0.25, -0.2) is 0 Å². The molecule has 0 saturated carbocycles. The predicted molar refractivity (Wildman–Crippen MR) is 62.0 cm³/mol. The average molecular weight is 205 g/mol. The van der Waals surface area contributed by atoms with Crippen LogP contribution in [-0.2, 0) is 6.42 Å². The third-order valence-corrected chi connectivity index (χ3v) is 3.19. The fourth-order valence-electron chi connectivity index (χ4n) is 2.52. The van der Waals surface area contributed by atoms with E-state index in [1.54, 1.807) is 7.11 Å². The number of nitrogens with two attached hydrogens (primary N) is 1. The van der Waals surface area contributed by atoms with Gasteiger partial charge in [0.05, 0.1) is 7.11 Å². The van der Waals surface area contributed by atoms with Gasteiger partial charge < -0.3 is 10.5 Å². The maximum atomic E-state index is 6.17. The number of benzene rings is 1. The third-order valence-electron chi connectivity index (χ3n) is 3.19. The highest BCUT2D eigenvalue weighted by Gasteiger charge is 2.30. The summed E-state index contributed by atoms with van der Waals surface area (Å²) in [7, 11) is 1.70. The number of hydrogen-bond acceptors (Lipinski definition) is 2. The Morgan fingerprint density at radius 1 is 1.40 bits per heavy atom. The van der Waals surface area contributed by atoms with Gasteiger partial charge in [-0.2, -0.15) is 0 Å². The molecule has 0 spiro atoms. The molecule has 1 aromatic rings. The van der Waals surface area contributed by atoms with Crippen LogP contribution in [0.2, 0.25) is 0 Å². The Balaban J connectivity index is 2.42. The Morgan fingerprint density at radius 3 is 2.80 bits per heavy atom. The quantitative estimate of drug-likeness (QED) is 0.765. The molecular weight excluding hydrogens is 186 g/mol. The summed E-state index contributed by atoms with van der Waals surface area (Å²) in [5, 5.41) is 0. The molecule has 0 aliphatic heterocycles. The molecule has 82 valence electrons.